The van der Waals surface area contributed by atoms with E-state index >= 15 is 0 Å². The standard InChI is InChI=1S/C20H26N2O5S/c1-5-17(15-10-12-16(26-2)13-11-15)21-20(23)14-22(28(4,24)25)18-8-6-7-9-19(18)27-3/h6-13,17H,5,14H2,1-4H3,(H,21,23)/t17-/m1/s1. The number of benzene rings is 2. The summed E-state index contributed by atoms with van der Waals surface area (Å²) in [4.78, 5) is 12.7. The summed E-state index contributed by atoms with van der Waals surface area (Å²) >= 11 is 0. The predicted molar refractivity (Wildman–Crippen MR) is 109 cm³/mol. The van der Waals surface area contributed by atoms with Gasteiger partial charge in [0.05, 0.1) is 32.2 Å². The fourth-order valence-electron chi connectivity index (χ4n) is 2.84. The minimum Gasteiger partial charge on any atom is -0.497 e. The second-order valence-corrected chi connectivity index (χ2v) is 8.15. The molecule has 152 valence electrons. The Balaban J connectivity index is 2.20. The number of carbonyl (C=O) groups is 1. The molecular formula is C20H26N2O5S. The molecule has 0 unspecified atom stereocenters. The van der Waals surface area contributed by atoms with E-state index in [4.69, 9.17) is 9.47 Å². The number of nitrogens with one attached hydrogen (secondary N) is 1. The van der Waals surface area contributed by atoms with Gasteiger partial charge in [-0.05, 0) is 36.2 Å². The van der Waals surface area contributed by atoms with E-state index in [1.807, 2.05) is 31.2 Å². The minimum absolute atomic E-state index is 0.238. The Hall–Kier alpha value is -2.74. The number of hydrogen-bond acceptors (Lipinski definition) is 5. The summed E-state index contributed by atoms with van der Waals surface area (Å²) in [5, 5.41) is 2.90. The molecule has 0 aliphatic rings. The smallest absolute Gasteiger partial charge is 0.241 e. The van der Waals surface area contributed by atoms with E-state index in [1.165, 1.54) is 7.11 Å². The van der Waals surface area contributed by atoms with E-state index in [1.54, 1.807) is 31.4 Å². The van der Waals surface area contributed by atoms with Crippen molar-refractivity contribution in [3.63, 3.8) is 0 Å². The molecule has 0 aliphatic heterocycles. The Labute approximate surface area is 166 Å². The highest BCUT2D eigenvalue weighted by molar-refractivity contribution is 7.92. The van der Waals surface area contributed by atoms with Crippen molar-refractivity contribution in [2.24, 2.45) is 0 Å². The number of amides is 1. The maximum Gasteiger partial charge on any atom is 0.241 e. The van der Waals surface area contributed by atoms with Crippen molar-refractivity contribution in [3.8, 4) is 11.5 Å². The summed E-state index contributed by atoms with van der Waals surface area (Å²) < 4.78 is 36.1. The van der Waals surface area contributed by atoms with Crippen LogP contribution in [-0.4, -0.2) is 41.3 Å². The van der Waals surface area contributed by atoms with Crippen molar-refractivity contribution in [2.75, 3.05) is 31.3 Å². The van der Waals surface area contributed by atoms with Gasteiger partial charge in [-0.25, -0.2) is 8.42 Å². The number of sulfonamides is 1. The lowest BCUT2D eigenvalue weighted by Crippen LogP contribution is -2.41. The SMILES string of the molecule is CC[C@@H](NC(=O)CN(c1ccccc1OC)S(C)(=O)=O)c1ccc(OC)cc1. The molecule has 8 heteroatoms. The first-order chi connectivity index (χ1) is 13.3. The van der Waals surface area contributed by atoms with Crippen LogP contribution in [0.1, 0.15) is 24.9 Å². The molecule has 0 heterocycles. The molecule has 0 spiro atoms. The predicted octanol–water partition coefficient (Wildman–Crippen LogP) is 2.74. The third-order valence-electron chi connectivity index (χ3n) is 4.30. The first kappa shape index (κ1) is 21.6. The van der Waals surface area contributed by atoms with E-state index in [9.17, 15) is 13.2 Å². The van der Waals surface area contributed by atoms with E-state index in [-0.39, 0.29) is 12.6 Å². The van der Waals surface area contributed by atoms with Crippen molar-refractivity contribution in [2.45, 2.75) is 19.4 Å². The molecule has 0 bridgehead atoms. The zero-order chi connectivity index (χ0) is 20.7. The van der Waals surface area contributed by atoms with Crippen LogP contribution in [-0.2, 0) is 14.8 Å². The number of hydrogen-bond donors (Lipinski definition) is 1. The largest absolute Gasteiger partial charge is 0.497 e. The third-order valence-corrected chi connectivity index (χ3v) is 5.43. The molecule has 2 aromatic rings. The molecule has 0 saturated heterocycles. The molecule has 7 nitrogen and oxygen atoms in total. The Morgan fingerprint density at radius 1 is 1.07 bits per heavy atom. The summed E-state index contributed by atoms with van der Waals surface area (Å²) in [6.07, 6.45) is 1.72. The highest BCUT2D eigenvalue weighted by atomic mass is 32.2. The van der Waals surface area contributed by atoms with Gasteiger partial charge < -0.3 is 14.8 Å². The average molecular weight is 407 g/mol. The summed E-state index contributed by atoms with van der Waals surface area (Å²) in [5.74, 6) is 0.700. The molecule has 2 rings (SSSR count). The highest BCUT2D eigenvalue weighted by Crippen LogP contribution is 2.29. The van der Waals surface area contributed by atoms with E-state index in [0.29, 0.717) is 17.9 Å². The maximum absolute atomic E-state index is 12.7. The first-order valence-corrected chi connectivity index (χ1v) is 10.7. The van der Waals surface area contributed by atoms with E-state index in [0.717, 1.165) is 21.9 Å². The second kappa shape index (κ2) is 9.45. The average Bonchev–Trinajstić information content (AvgIpc) is 2.69. The second-order valence-electron chi connectivity index (χ2n) is 6.24. The fourth-order valence-corrected chi connectivity index (χ4v) is 3.70. The summed E-state index contributed by atoms with van der Waals surface area (Å²) in [6.45, 7) is 1.61. The molecule has 0 saturated carbocycles. The number of methoxy groups -OCH3 is 2. The molecule has 2 aromatic carbocycles. The fraction of sp³-hybridized carbons (Fsp3) is 0.350. The van der Waals surface area contributed by atoms with Gasteiger partial charge in [0, 0.05) is 0 Å². The molecule has 0 radical (unpaired) electrons. The molecule has 1 atom stereocenters. The Morgan fingerprint density at radius 3 is 2.25 bits per heavy atom. The topological polar surface area (TPSA) is 84.9 Å². The number of para-hydroxylation sites is 2. The lowest BCUT2D eigenvalue weighted by Gasteiger charge is -2.25. The summed E-state index contributed by atoms with van der Waals surface area (Å²) in [5.41, 5.74) is 1.24. The molecule has 0 fully saturated rings. The van der Waals surface area contributed by atoms with Gasteiger partial charge in [-0.2, -0.15) is 0 Å². The molecule has 28 heavy (non-hydrogen) atoms. The van der Waals surface area contributed by atoms with Crippen molar-refractivity contribution < 1.29 is 22.7 Å². The van der Waals surface area contributed by atoms with Gasteiger partial charge in [-0.1, -0.05) is 31.2 Å². The third kappa shape index (κ3) is 5.39. The van der Waals surface area contributed by atoms with Gasteiger partial charge in [0.2, 0.25) is 15.9 Å². The quantitative estimate of drug-likeness (QED) is 0.692. The molecule has 0 aliphatic carbocycles. The van der Waals surface area contributed by atoms with Crippen LogP contribution in [0, 0.1) is 0 Å². The van der Waals surface area contributed by atoms with E-state index < -0.39 is 15.9 Å². The van der Waals surface area contributed by atoms with Crippen LogP contribution in [0.3, 0.4) is 0 Å². The van der Waals surface area contributed by atoms with Crippen molar-refractivity contribution in [1.82, 2.24) is 5.32 Å². The van der Waals surface area contributed by atoms with Crippen LogP contribution in [0.25, 0.3) is 0 Å². The number of carbonyl (C=O) groups excluding carboxylic acids is 1. The molecule has 1 amide bonds. The van der Waals surface area contributed by atoms with Gasteiger partial charge in [0.15, 0.2) is 0 Å². The maximum atomic E-state index is 12.7. The van der Waals surface area contributed by atoms with Crippen LogP contribution in [0.4, 0.5) is 5.69 Å². The molecular weight excluding hydrogens is 380 g/mol. The normalized spacial score (nSPS) is 12.1. The number of ether oxygens (including phenoxy) is 2. The van der Waals surface area contributed by atoms with E-state index in [2.05, 4.69) is 5.32 Å². The van der Waals surface area contributed by atoms with Crippen LogP contribution < -0.4 is 19.1 Å². The number of anilines is 1. The highest BCUT2D eigenvalue weighted by Gasteiger charge is 2.24. The van der Waals surface area contributed by atoms with Crippen LogP contribution >= 0.6 is 0 Å². The van der Waals surface area contributed by atoms with Gasteiger partial charge >= 0.3 is 0 Å². The molecule has 1 N–H and O–H groups in total. The van der Waals surface area contributed by atoms with Crippen LogP contribution in [0.2, 0.25) is 0 Å². The summed E-state index contributed by atoms with van der Waals surface area (Å²) in [6, 6.07) is 13.8. The monoisotopic (exact) mass is 406 g/mol. The van der Waals surface area contributed by atoms with Gasteiger partial charge in [0.1, 0.15) is 18.0 Å². The zero-order valence-electron chi connectivity index (χ0n) is 16.5. The molecule has 0 aromatic heterocycles. The lowest BCUT2D eigenvalue weighted by atomic mass is 10.0. The Morgan fingerprint density at radius 2 is 1.71 bits per heavy atom. The van der Waals surface area contributed by atoms with Crippen LogP contribution in [0.5, 0.6) is 11.5 Å². The van der Waals surface area contributed by atoms with Gasteiger partial charge in [0.25, 0.3) is 0 Å². The van der Waals surface area contributed by atoms with Gasteiger partial charge in [-0.15, -0.1) is 0 Å². The Bertz CT molecular complexity index is 897. The summed E-state index contributed by atoms with van der Waals surface area (Å²) in [7, 11) is -0.642. The zero-order valence-corrected chi connectivity index (χ0v) is 17.3. The minimum atomic E-state index is -3.69. The lowest BCUT2D eigenvalue weighted by molar-refractivity contribution is -0.120. The van der Waals surface area contributed by atoms with Crippen molar-refractivity contribution >= 4 is 21.6 Å². The Kier molecular flexibility index (Phi) is 7.28. The number of nitrogens with zero attached hydrogens (tertiary/aromatic N) is 1. The number of rotatable bonds is 9. The van der Waals surface area contributed by atoms with Crippen molar-refractivity contribution in [3.05, 3.63) is 54.1 Å². The van der Waals surface area contributed by atoms with Gasteiger partial charge in [-0.3, -0.25) is 9.10 Å². The first-order valence-electron chi connectivity index (χ1n) is 8.84. The van der Waals surface area contributed by atoms with Crippen LogP contribution in [0.15, 0.2) is 48.5 Å². The van der Waals surface area contributed by atoms with Crippen molar-refractivity contribution in [1.29, 1.82) is 0 Å².